The minimum absolute atomic E-state index is 0.346. The van der Waals surface area contributed by atoms with Crippen LogP contribution in [0.3, 0.4) is 0 Å². The lowest BCUT2D eigenvalue weighted by atomic mass is 10.1. The Kier molecular flexibility index (Phi) is 3.79. The Labute approximate surface area is 85.5 Å². The second kappa shape index (κ2) is 5.09. The highest BCUT2D eigenvalue weighted by Gasteiger charge is 2.37. The standard InChI is InChI=1S/C7H10N6O2/c1-15-7(14)4-2-5(10-12-8)6(3-4)11-13-9/h4-6H,2-3H2,1H3/t5-,6-/m0/s1. The van der Waals surface area contributed by atoms with Crippen molar-refractivity contribution in [3.05, 3.63) is 20.9 Å². The molecule has 0 aromatic heterocycles. The average Bonchev–Trinajstić information content (AvgIpc) is 2.62. The van der Waals surface area contributed by atoms with Crippen LogP contribution in [-0.4, -0.2) is 25.2 Å². The van der Waals surface area contributed by atoms with Gasteiger partial charge in [-0.1, -0.05) is 10.2 Å². The smallest absolute Gasteiger partial charge is 0.308 e. The molecule has 8 heteroatoms. The highest BCUT2D eigenvalue weighted by Crippen LogP contribution is 2.31. The number of nitrogens with zero attached hydrogens (tertiary/aromatic N) is 6. The van der Waals surface area contributed by atoms with Crippen LogP contribution in [0.1, 0.15) is 12.8 Å². The predicted octanol–water partition coefficient (Wildman–Crippen LogP) is 1.93. The Bertz CT molecular complexity index is 317. The summed E-state index contributed by atoms with van der Waals surface area (Å²) in [6.45, 7) is 0. The number of ether oxygens (including phenoxy) is 1. The monoisotopic (exact) mass is 210 g/mol. The van der Waals surface area contributed by atoms with Gasteiger partial charge in [0.1, 0.15) is 0 Å². The van der Waals surface area contributed by atoms with Crippen molar-refractivity contribution in [1.29, 1.82) is 0 Å². The fourth-order valence-corrected chi connectivity index (χ4v) is 1.73. The lowest BCUT2D eigenvalue weighted by Gasteiger charge is -2.04. The highest BCUT2D eigenvalue weighted by atomic mass is 16.5. The molecule has 0 radical (unpaired) electrons. The second-order valence-electron chi connectivity index (χ2n) is 3.24. The van der Waals surface area contributed by atoms with E-state index in [1.165, 1.54) is 7.11 Å². The minimum atomic E-state index is -0.449. The summed E-state index contributed by atoms with van der Waals surface area (Å²) >= 11 is 0. The maximum Gasteiger partial charge on any atom is 0.308 e. The molecule has 2 atom stereocenters. The summed E-state index contributed by atoms with van der Waals surface area (Å²) in [5, 5.41) is 7.00. The van der Waals surface area contributed by atoms with Crippen molar-refractivity contribution in [2.45, 2.75) is 24.9 Å². The number of rotatable bonds is 3. The highest BCUT2D eigenvalue weighted by molar-refractivity contribution is 5.72. The summed E-state index contributed by atoms with van der Waals surface area (Å²) in [5.41, 5.74) is 16.6. The van der Waals surface area contributed by atoms with Gasteiger partial charge in [-0.25, -0.2) is 0 Å². The Morgan fingerprint density at radius 1 is 1.27 bits per heavy atom. The van der Waals surface area contributed by atoms with Crippen LogP contribution in [0.25, 0.3) is 20.9 Å². The van der Waals surface area contributed by atoms with Crippen LogP contribution >= 0.6 is 0 Å². The number of esters is 1. The molecule has 0 aromatic rings. The van der Waals surface area contributed by atoms with E-state index in [-0.39, 0.29) is 11.9 Å². The third-order valence-corrected chi connectivity index (χ3v) is 2.43. The molecule has 0 spiro atoms. The number of azide groups is 2. The van der Waals surface area contributed by atoms with Crippen LogP contribution in [0, 0.1) is 5.92 Å². The number of methoxy groups -OCH3 is 1. The normalized spacial score (nSPS) is 28.7. The van der Waals surface area contributed by atoms with Crippen molar-refractivity contribution in [1.82, 2.24) is 0 Å². The van der Waals surface area contributed by atoms with Gasteiger partial charge >= 0.3 is 5.97 Å². The third-order valence-electron chi connectivity index (χ3n) is 2.43. The Morgan fingerprint density at radius 3 is 2.07 bits per heavy atom. The first-order valence-corrected chi connectivity index (χ1v) is 4.39. The van der Waals surface area contributed by atoms with Crippen LogP contribution in [0.4, 0.5) is 0 Å². The van der Waals surface area contributed by atoms with Gasteiger partial charge in [-0.05, 0) is 23.9 Å². The summed E-state index contributed by atoms with van der Waals surface area (Å²) in [4.78, 5) is 16.5. The number of carbonyl (C=O) groups excluding carboxylic acids is 1. The fraction of sp³-hybridized carbons (Fsp3) is 0.857. The van der Waals surface area contributed by atoms with Crippen LogP contribution in [-0.2, 0) is 9.53 Å². The molecule has 1 saturated carbocycles. The molecule has 0 aromatic carbocycles. The first-order valence-electron chi connectivity index (χ1n) is 4.39. The van der Waals surface area contributed by atoms with Gasteiger partial charge in [-0.15, -0.1) is 0 Å². The van der Waals surface area contributed by atoms with E-state index in [9.17, 15) is 4.79 Å². The zero-order valence-corrected chi connectivity index (χ0v) is 8.15. The molecule has 0 N–H and O–H groups in total. The molecular weight excluding hydrogens is 200 g/mol. The van der Waals surface area contributed by atoms with Gasteiger partial charge in [-0.2, -0.15) is 0 Å². The van der Waals surface area contributed by atoms with Crippen molar-refractivity contribution in [3.8, 4) is 0 Å². The van der Waals surface area contributed by atoms with Gasteiger partial charge in [-0.3, -0.25) is 4.79 Å². The van der Waals surface area contributed by atoms with Crippen LogP contribution in [0.5, 0.6) is 0 Å². The molecule has 80 valence electrons. The number of hydrogen-bond donors (Lipinski definition) is 0. The lowest BCUT2D eigenvalue weighted by Crippen LogP contribution is -2.13. The van der Waals surface area contributed by atoms with Gasteiger partial charge in [0.15, 0.2) is 0 Å². The Hall–Kier alpha value is -1.91. The Morgan fingerprint density at radius 2 is 1.73 bits per heavy atom. The molecule has 1 aliphatic carbocycles. The molecule has 0 amide bonds. The van der Waals surface area contributed by atoms with Crippen molar-refractivity contribution >= 4 is 5.97 Å². The third kappa shape index (κ3) is 2.52. The lowest BCUT2D eigenvalue weighted by molar-refractivity contribution is -0.145. The fourth-order valence-electron chi connectivity index (χ4n) is 1.73. The molecular formula is C7H10N6O2. The summed E-state index contributed by atoms with van der Waals surface area (Å²) in [6.07, 6.45) is 0.751. The van der Waals surface area contributed by atoms with E-state index in [1.54, 1.807) is 0 Å². The summed E-state index contributed by atoms with van der Waals surface area (Å²) in [5.74, 6) is -0.704. The van der Waals surface area contributed by atoms with E-state index in [0.29, 0.717) is 12.8 Å². The maximum atomic E-state index is 11.2. The van der Waals surface area contributed by atoms with E-state index in [2.05, 4.69) is 24.8 Å². The van der Waals surface area contributed by atoms with Gasteiger partial charge < -0.3 is 4.74 Å². The van der Waals surface area contributed by atoms with E-state index < -0.39 is 12.1 Å². The number of carbonyl (C=O) groups is 1. The minimum Gasteiger partial charge on any atom is -0.469 e. The molecule has 1 fully saturated rings. The second-order valence-corrected chi connectivity index (χ2v) is 3.24. The quantitative estimate of drug-likeness (QED) is 0.305. The first-order chi connectivity index (χ1) is 7.22. The van der Waals surface area contributed by atoms with Crippen molar-refractivity contribution < 1.29 is 9.53 Å². The zero-order chi connectivity index (χ0) is 11.3. The maximum absolute atomic E-state index is 11.2. The van der Waals surface area contributed by atoms with Gasteiger partial charge in [0, 0.05) is 21.9 Å². The summed E-state index contributed by atoms with van der Waals surface area (Å²) in [6, 6.07) is -0.898. The molecule has 0 unspecified atom stereocenters. The molecule has 0 aliphatic heterocycles. The van der Waals surface area contributed by atoms with Crippen LogP contribution < -0.4 is 0 Å². The van der Waals surface area contributed by atoms with E-state index >= 15 is 0 Å². The molecule has 15 heavy (non-hydrogen) atoms. The predicted molar refractivity (Wildman–Crippen MR) is 50.6 cm³/mol. The molecule has 1 rings (SSSR count). The number of hydrogen-bond acceptors (Lipinski definition) is 4. The molecule has 0 bridgehead atoms. The van der Waals surface area contributed by atoms with Crippen molar-refractivity contribution in [2.24, 2.45) is 16.1 Å². The molecule has 1 aliphatic rings. The Balaban J connectivity index is 2.77. The summed E-state index contributed by atoms with van der Waals surface area (Å²) < 4.78 is 4.58. The average molecular weight is 210 g/mol. The van der Waals surface area contributed by atoms with Gasteiger partial charge in [0.25, 0.3) is 0 Å². The van der Waals surface area contributed by atoms with E-state index in [1.807, 2.05) is 0 Å². The molecule has 0 saturated heterocycles. The first kappa shape index (κ1) is 11.2. The molecule has 0 heterocycles. The topological polar surface area (TPSA) is 124 Å². The SMILES string of the molecule is COC(=O)C1C[C@H](N=[N+]=[N-])[C@@H](N=[N+]=[N-])C1. The van der Waals surface area contributed by atoms with Gasteiger partial charge in [0.05, 0.1) is 13.0 Å². The van der Waals surface area contributed by atoms with Crippen molar-refractivity contribution in [3.63, 3.8) is 0 Å². The van der Waals surface area contributed by atoms with Crippen molar-refractivity contribution in [2.75, 3.05) is 7.11 Å². The zero-order valence-electron chi connectivity index (χ0n) is 8.15. The van der Waals surface area contributed by atoms with Crippen LogP contribution in [0.15, 0.2) is 10.2 Å². The summed E-state index contributed by atoms with van der Waals surface area (Å²) in [7, 11) is 1.30. The van der Waals surface area contributed by atoms with Crippen LogP contribution in [0.2, 0.25) is 0 Å². The van der Waals surface area contributed by atoms with E-state index in [4.69, 9.17) is 11.1 Å². The van der Waals surface area contributed by atoms with Gasteiger partial charge in [0.2, 0.25) is 0 Å². The van der Waals surface area contributed by atoms with E-state index in [0.717, 1.165) is 0 Å². The molecule has 8 nitrogen and oxygen atoms in total. The largest absolute Gasteiger partial charge is 0.469 e.